The van der Waals surface area contributed by atoms with Gasteiger partial charge in [-0.15, -0.1) is 0 Å². The first-order valence-corrected chi connectivity index (χ1v) is 17.0. The smallest absolute Gasteiger partial charge is 0.323 e. The molecule has 27 N–H and O–H groups in total. The SMILES string of the molecule is CC(O)C(N)C(=O)O.NC(CC(=O)O)C(=O)O.NC(Cc1ccc(O)cc1)C(=O)O.NC(N)=NCCCC(N)C(=O)O.NCC(=O)O.NCC(=O)O.O=C(O)[C@@H]1CCCN1. The molecule has 1 saturated heterocycles. The number of nitrogens with two attached hydrogens (primary N) is 8. The Morgan fingerprint density at radius 3 is 1.38 bits per heavy atom. The van der Waals surface area contributed by atoms with Crippen molar-refractivity contribution in [1.29, 1.82) is 0 Å². The minimum Gasteiger partial charge on any atom is -0.508 e. The first-order chi connectivity index (χ1) is 27.6. The number of nitrogens with zero attached hydrogens (tertiary/aromatic N) is 1. The van der Waals surface area contributed by atoms with E-state index in [9.17, 15) is 38.4 Å². The lowest BCUT2D eigenvalue weighted by atomic mass is 10.1. The largest absolute Gasteiger partial charge is 0.508 e. The summed E-state index contributed by atoms with van der Waals surface area (Å²) >= 11 is 0. The van der Waals surface area contributed by atoms with Crippen LogP contribution in [0.15, 0.2) is 29.3 Å². The number of aliphatic carboxylic acids is 8. The Morgan fingerprint density at radius 2 is 1.15 bits per heavy atom. The summed E-state index contributed by atoms with van der Waals surface area (Å²) in [5.41, 5.74) is 40.3. The fourth-order valence-corrected chi connectivity index (χ4v) is 2.99. The Hall–Kier alpha value is -6.27. The highest BCUT2D eigenvalue weighted by Gasteiger charge is 2.20. The molecule has 2 rings (SSSR count). The molecule has 28 heteroatoms. The third-order valence-corrected chi connectivity index (χ3v) is 6.22. The topological polar surface area (TPSA) is 571 Å². The van der Waals surface area contributed by atoms with Gasteiger partial charge in [-0.25, -0.2) is 0 Å². The van der Waals surface area contributed by atoms with Gasteiger partial charge in [0.25, 0.3) is 0 Å². The molecule has 1 heterocycles. The predicted molar refractivity (Wildman–Crippen MR) is 210 cm³/mol. The predicted octanol–water partition coefficient (Wildman–Crippen LogP) is -5.67. The molecular formula is C32H60N10O18. The van der Waals surface area contributed by atoms with Gasteiger partial charge in [-0.3, -0.25) is 43.3 Å². The zero-order chi connectivity index (χ0) is 48.1. The van der Waals surface area contributed by atoms with Gasteiger partial charge in [0.15, 0.2) is 5.96 Å². The van der Waals surface area contributed by atoms with Gasteiger partial charge in [0.05, 0.1) is 25.6 Å². The molecule has 1 aliphatic rings. The van der Waals surface area contributed by atoms with Gasteiger partial charge in [-0.1, -0.05) is 12.1 Å². The van der Waals surface area contributed by atoms with Crippen molar-refractivity contribution < 1.29 is 89.4 Å². The van der Waals surface area contributed by atoms with Crippen LogP contribution < -0.4 is 51.2 Å². The van der Waals surface area contributed by atoms with Crippen LogP contribution >= 0.6 is 0 Å². The van der Waals surface area contributed by atoms with E-state index < -0.39 is 84.4 Å². The summed E-state index contributed by atoms with van der Waals surface area (Å²) in [4.78, 5) is 82.4. The Bertz CT molecular complexity index is 1420. The number of hydrogen-bond donors (Lipinski definition) is 19. The summed E-state index contributed by atoms with van der Waals surface area (Å²) in [7, 11) is 0. The van der Waals surface area contributed by atoms with Gasteiger partial charge >= 0.3 is 47.8 Å². The maximum absolute atomic E-state index is 10.4. The number of hydrogen-bond acceptors (Lipinski definition) is 18. The van der Waals surface area contributed by atoms with E-state index in [4.69, 9.17) is 85.5 Å². The first-order valence-electron chi connectivity index (χ1n) is 17.0. The molecule has 0 radical (unpaired) electrons. The number of benzene rings is 1. The van der Waals surface area contributed by atoms with Gasteiger partial charge in [0.1, 0.15) is 36.0 Å². The van der Waals surface area contributed by atoms with Crippen LogP contribution in [0.3, 0.4) is 0 Å². The molecular weight excluding hydrogens is 812 g/mol. The molecule has 346 valence electrons. The standard InChI is InChI=1S/C9H11NO3.C6H14N4O2.C5H9NO2.C4H7NO4.C4H9NO3.2C2H5NO2/c10-8(9(12)13)5-6-1-3-7(11)4-2-6;7-4(5(11)12)2-1-3-10-6(8)9;7-5(8)4-2-1-3-6-4;5-2(4(8)9)1-3(6)7;1-2(6)3(5)4(7)8;2*3-1-2(4)5/h1-4,8,11H,5,10H2,(H,12,13);4H,1-3,7H2,(H,11,12)(H4,8,9,10);4,6H,1-3H2,(H,7,8);2H,1,5H2,(H,6,7)(H,8,9);2-3,6H,5H2,1H3,(H,7,8);2*1,3H2,(H,4,5)/t;;4-;;;;/m..0..../s1. The van der Waals surface area contributed by atoms with E-state index in [1.165, 1.54) is 19.1 Å². The number of aromatic hydroxyl groups is 1. The van der Waals surface area contributed by atoms with E-state index in [1.54, 1.807) is 12.1 Å². The van der Waals surface area contributed by atoms with Crippen LogP contribution in [0.5, 0.6) is 5.75 Å². The number of aliphatic hydroxyl groups excluding tert-OH is 1. The molecule has 1 aromatic carbocycles. The number of carboxylic acids is 8. The van der Waals surface area contributed by atoms with Crippen LogP contribution in [0.2, 0.25) is 0 Å². The average Bonchev–Trinajstić information content (AvgIpc) is 3.71. The van der Waals surface area contributed by atoms with Crippen molar-refractivity contribution in [3.63, 3.8) is 0 Å². The van der Waals surface area contributed by atoms with Crippen molar-refractivity contribution in [1.82, 2.24) is 5.32 Å². The van der Waals surface area contributed by atoms with Crippen LogP contribution in [-0.2, 0) is 44.8 Å². The van der Waals surface area contributed by atoms with Gasteiger partial charge in [-0.2, -0.15) is 0 Å². The van der Waals surface area contributed by atoms with E-state index in [2.05, 4.69) is 21.8 Å². The fourth-order valence-electron chi connectivity index (χ4n) is 2.99. The number of carbonyl (C=O) groups is 8. The Labute approximate surface area is 342 Å². The number of aliphatic imine (C=N–C) groups is 1. The molecule has 0 aliphatic carbocycles. The third kappa shape index (κ3) is 46.1. The molecule has 60 heavy (non-hydrogen) atoms. The van der Waals surface area contributed by atoms with Crippen molar-refractivity contribution in [3.8, 4) is 5.75 Å². The van der Waals surface area contributed by atoms with E-state index in [0.717, 1.165) is 24.9 Å². The van der Waals surface area contributed by atoms with E-state index in [0.29, 0.717) is 19.4 Å². The van der Waals surface area contributed by atoms with Crippen LogP contribution in [0.25, 0.3) is 0 Å². The molecule has 0 saturated carbocycles. The van der Waals surface area contributed by atoms with Crippen LogP contribution in [0, 0.1) is 0 Å². The number of aliphatic hydroxyl groups is 1. The monoisotopic (exact) mass is 872 g/mol. The first kappa shape index (κ1) is 62.9. The molecule has 28 nitrogen and oxygen atoms in total. The van der Waals surface area contributed by atoms with Crippen LogP contribution in [0.4, 0.5) is 0 Å². The molecule has 0 aromatic heterocycles. The van der Waals surface area contributed by atoms with Gasteiger partial charge in [-0.05, 0) is 63.3 Å². The number of phenolic OH excluding ortho intramolecular Hbond substituents is 1. The lowest BCUT2D eigenvalue weighted by Crippen LogP contribution is -2.39. The normalized spacial score (nSPS) is 14.3. The fraction of sp³-hybridized carbons (Fsp3) is 0.531. The molecule has 6 atom stereocenters. The summed E-state index contributed by atoms with van der Waals surface area (Å²) in [6.45, 7) is 2.05. The molecule has 5 unspecified atom stereocenters. The molecule has 0 spiro atoms. The summed E-state index contributed by atoms with van der Waals surface area (Å²) in [5.74, 6) is -8.18. The van der Waals surface area contributed by atoms with Crippen molar-refractivity contribution in [2.45, 2.75) is 81.8 Å². The Balaban J connectivity index is -0.000000201. The summed E-state index contributed by atoms with van der Waals surface area (Å²) in [6, 6.07) is 1.89. The minimum atomic E-state index is -1.29. The lowest BCUT2D eigenvalue weighted by molar-refractivity contribution is -0.144. The van der Waals surface area contributed by atoms with Crippen molar-refractivity contribution >= 4 is 53.7 Å². The highest BCUT2D eigenvalue weighted by Crippen LogP contribution is 2.10. The number of carboxylic acid groups (broad SMARTS) is 8. The average molecular weight is 873 g/mol. The van der Waals surface area contributed by atoms with E-state index in [-0.39, 0.29) is 37.3 Å². The maximum Gasteiger partial charge on any atom is 0.323 e. The lowest BCUT2D eigenvalue weighted by Gasteiger charge is -2.06. The van der Waals surface area contributed by atoms with Crippen molar-refractivity contribution in [2.24, 2.45) is 50.9 Å². The molecule has 1 aromatic rings. The summed E-state index contributed by atoms with van der Waals surface area (Å²) < 4.78 is 0. The van der Waals surface area contributed by atoms with Crippen LogP contribution in [0.1, 0.15) is 44.6 Å². The molecule has 0 bridgehead atoms. The van der Waals surface area contributed by atoms with E-state index >= 15 is 0 Å². The Morgan fingerprint density at radius 1 is 0.717 bits per heavy atom. The Kier molecular flexibility index (Phi) is 40.1. The molecule has 0 amide bonds. The van der Waals surface area contributed by atoms with Crippen LogP contribution in [-0.4, -0.2) is 167 Å². The second kappa shape index (κ2) is 38.3. The second-order valence-electron chi connectivity index (χ2n) is 11.5. The number of rotatable bonds is 16. The molecule has 1 aliphatic heterocycles. The van der Waals surface area contributed by atoms with Gasteiger partial charge in [0.2, 0.25) is 0 Å². The number of phenols is 1. The summed E-state index contributed by atoms with van der Waals surface area (Å²) in [5, 5.41) is 84.8. The second-order valence-corrected chi connectivity index (χ2v) is 11.5. The van der Waals surface area contributed by atoms with E-state index in [1.807, 2.05) is 0 Å². The number of guanidine groups is 1. The zero-order valence-corrected chi connectivity index (χ0v) is 32.6. The quantitative estimate of drug-likeness (QED) is 0.0418. The molecule has 1 fully saturated rings. The van der Waals surface area contributed by atoms with Crippen molar-refractivity contribution in [2.75, 3.05) is 26.2 Å². The summed E-state index contributed by atoms with van der Waals surface area (Å²) in [6.07, 6.45) is 1.50. The van der Waals surface area contributed by atoms with Gasteiger partial charge in [0, 0.05) is 6.54 Å². The highest BCUT2D eigenvalue weighted by atomic mass is 16.4. The third-order valence-electron chi connectivity index (χ3n) is 6.22. The zero-order valence-electron chi connectivity index (χ0n) is 32.6. The van der Waals surface area contributed by atoms with Crippen molar-refractivity contribution in [3.05, 3.63) is 29.8 Å². The maximum atomic E-state index is 10.4. The highest BCUT2D eigenvalue weighted by molar-refractivity contribution is 5.80. The minimum absolute atomic E-state index is 0.0129. The number of nitrogens with one attached hydrogen (secondary N) is 1. The van der Waals surface area contributed by atoms with Gasteiger partial charge < -0.3 is 102 Å².